The number of guanidine groups is 1. The maximum atomic E-state index is 5.64. The fourth-order valence-electron chi connectivity index (χ4n) is 2.67. The van der Waals surface area contributed by atoms with E-state index in [1.165, 1.54) is 0 Å². The summed E-state index contributed by atoms with van der Waals surface area (Å²) in [6.07, 6.45) is 3.42. The van der Waals surface area contributed by atoms with E-state index in [0.29, 0.717) is 19.7 Å². The van der Waals surface area contributed by atoms with Gasteiger partial charge in [0.25, 0.3) is 0 Å². The highest BCUT2D eigenvalue weighted by Crippen LogP contribution is 2.30. The monoisotopic (exact) mass is 500 g/mol. The first-order chi connectivity index (χ1) is 13.1. The van der Waals surface area contributed by atoms with Gasteiger partial charge in [-0.2, -0.15) is 0 Å². The van der Waals surface area contributed by atoms with Crippen LogP contribution in [0.25, 0.3) is 0 Å². The zero-order valence-corrected chi connectivity index (χ0v) is 19.4. The Hall–Kier alpha value is -2.23. The van der Waals surface area contributed by atoms with E-state index in [0.717, 1.165) is 34.3 Å². The summed E-state index contributed by atoms with van der Waals surface area (Å²) in [6, 6.07) is 7.72. The average Bonchev–Trinajstić information content (AvgIpc) is 2.69. The highest BCUT2D eigenvalue weighted by Gasteiger charge is 2.12. The van der Waals surface area contributed by atoms with Gasteiger partial charge in [-0.15, -0.1) is 24.0 Å². The van der Waals surface area contributed by atoms with E-state index >= 15 is 0 Å². The third-order valence-corrected chi connectivity index (χ3v) is 4.11. The number of aryl methyl sites for hydroxylation is 1. The minimum atomic E-state index is 0. The number of nitrogens with zero attached hydrogens (tertiary/aromatic N) is 3. The van der Waals surface area contributed by atoms with Gasteiger partial charge in [-0.05, 0) is 42.3 Å². The Balaban J connectivity index is 0.00000392. The second-order valence-electron chi connectivity index (χ2n) is 6.00. The molecule has 0 spiro atoms. The smallest absolute Gasteiger partial charge is 0.193 e. The number of nitrogens with one attached hydrogen (secondary N) is 1. The topological polar surface area (TPSA) is 68.2 Å². The highest BCUT2D eigenvalue weighted by molar-refractivity contribution is 14.0. The lowest BCUT2D eigenvalue weighted by Gasteiger charge is -2.23. The number of pyridine rings is 1. The third kappa shape index (κ3) is 6.74. The predicted molar refractivity (Wildman–Crippen MR) is 122 cm³/mol. The quantitative estimate of drug-likeness (QED) is 0.260. The molecule has 0 saturated carbocycles. The molecule has 28 heavy (non-hydrogen) atoms. The Bertz CT molecular complexity index is 757. The number of ether oxygens (including phenoxy) is 3. The van der Waals surface area contributed by atoms with Crippen LogP contribution in [0, 0.1) is 6.92 Å². The van der Waals surface area contributed by atoms with Gasteiger partial charge in [-0.25, -0.2) is 0 Å². The van der Waals surface area contributed by atoms with E-state index in [9.17, 15) is 0 Å². The fourth-order valence-corrected chi connectivity index (χ4v) is 2.67. The normalized spacial score (nSPS) is 10.7. The molecule has 0 fully saturated rings. The Kier molecular flexibility index (Phi) is 10.4. The Morgan fingerprint density at radius 2 is 1.93 bits per heavy atom. The second kappa shape index (κ2) is 12.3. The maximum absolute atomic E-state index is 5.64. The van der Waals surface area contributed by atoms with Crippen molar-refractivity contribution >= 4 is 29.9 Å². The van der Waals surface area contributed by atoms with Gasteiger partial charge in [0.2, 0.25) is 0 Å². The van der Waals surface area contributed by atoms with Crippen LogP contribution in [-0.2, 0) is 6.54 Å². The van der Waals surface area contributed by atoms with Crippen molar-refractivity contribution in [3.8, 4) is 17.2 Å². The first-order valence-corrected chi connectivity index (χ1v) is 8.75. The zero-order valence-electron chi connectivity index (χ0n) is 17.1. The summed E-state index contributed by atoms with van der Waals surface area (Å²) in [5.74, 6) is 3.00. The number of methoxy groups -OCH3 is 2. The minimum absolute atomic E-state index is 0. The predicted octanol–water partition coefficient (Wildman–Crippen LogP) is 3.11. The van der Waals surface area contributed by atoms with Gasteiger partial charge >= 0.3 is 0 Å². The lowest BCUT2D eigenvalue weighted by atomic mass is 10.1. The zero-order chi connectivity index (χ0) is 19.6. The summed E-state index contributed by atoms with van der Waals surface area (Å²) in [5, 5.41) is 3.30. The first-order valence-electron chi connectivity index (χ1n) is 8.75. The molecule has 0 aliphatic rings. The second-order valence-corrected chi connectivity index (χ2v) is 6.00. The van der Waals surface area contributed by atoms with Crippen LogP contribution in [0.3, 0.4) is 0 Å². The van der Waals surface area contributed by atoms with Crippen molar-refractivity contribution in [2.24, 2.45) is 4.99 Å². The van der Waals surface area contributed by atoms with Crippen molar-refractivity contribution in [2.75, 3.05) is 41.5 Å². The van der Waals surface area contributed by atoms with Gasteiger partial charge in [-0.1, -0.05) is 0 Å². The van der Waals surface area contributed by atoms with Crippen molar-refractivity contribution in [2.45, 2.75) is 13.5 Å². The fraction of sp³-hybridized carbons (Fsp3) is 0.400. The average molecular weight is 500 g/mol. The van der Waals surface area contributed by atoms with Gasteiger partial charge in [-0.3, -0.25) is 9.98 Å². The molecule has 1 N–H and O–H groups in total. The van der Waals surface area contributed by atoms with Crippen LogP contribution >= 0.6 is 24.0 Å². The molecule has 8 heteroatoms. The molecule has 0 radical (unpaired) electrons. The van der Waals surface area contributed by atoms with Crippen LogP contribution < -0.4 is 19.5 Å². The number of aromatic nitrogens is 1. The van der Waals surface area contributed by atoms with Gasteiger partial charge < -0.3 is 24.4 Å². The van der Waals surface area contributed by atoms with Crippen LogP contribution in [0.2, 0.25) is 0 Å². The molecule has 2 rings (SSSR count). The third-order valence-electron chi connectivity index (χ3n) is 4.11. The van der Waals surface area contributed by atoms with Gasteiger partial charge in [0.15, 0.2) is 17.5 Å². The SMILES string of the molecule is CN=C(NCCOc1cccnc1)N(C)Cc1cc(OC)c(OC)cc1C.I. The molecule has 1 aromatic heterocycles. The molecule has 1 aromatic carbocycles. The van der Waals surface area contributed by atoms with E-state index < -0.39 is 0 Å². The summed E-state index contributed by atoms with van der Waals surface area (Å²) < 4.78 is 16.4. The van der Waals surface area contributed by atoms with Crippen LogP contribution in [0.1, 0.15) is 11.1 Å². The van der Waals surface area contributed by atoms with Gasteiger partial charge in [0.1, 0.15) is 12.4 Å². The number of hydrogen-bond acceptors (Lipinski definition) is 5. The molecule has 0 aliphatic carbocycles. The van der Waals surface area contributed by atoms with E-state index in [2.05, 4.69) is 27.1 Å². The number of aliphatic imine (C=N–C) groups is 1. The van der Waals surface area contributed by atoms with Crippen molar-refractivity contribution in [1.29, 1.82) is 0 Å². The number of rotatable bonds is 8. The highest BCUT2D eigenvalue weighted by atomic mass is 127. The van der Waals surface area contributed by atoms with Crippen LogP contribution in [0.4, 0.5) is 0 Å². The van der Waals surface area contributed by atoms with Crippen LogP contribution in [0.15, 0.2) is 41.7 Å². The lowest BCUT2D eigenvalue weighted by molar-refractivity contribution is 0.318. The Labute approximate surface area is 184 Å². The van der Waals surface area contributed by atoms with E-state index in [1.54, 1.807) is 33.7 Å². The standard InChI is InChI=1S/C20H28N4O3.HI/c1-15-11-18(25-4)19(26-5)12-16(15)14-24(3)20(21-2)23-9-10-27-17-7-6-8-22-13-17;/h6-8,11-13H,9-10,14H2,1-5H3,(H,21,23);1H. The molecule has 2 aromatic rings. The summed E-state index contributed by atoms with van der Waals surface area (Å²) in [5.41, 5.74) is 2.28. The van der Waals surface area contributed by atoms with Crippen LogP contribution in [-0.4, -0.2) is 57.3 Å². The molecule has 154 valence electrons. The van der Waals surface area contributed by atoms with Crippen LogP contribution in [0.5, 0.6) is 17.2 Å². The molecular weight excluding hydrogens is 471 g/mol. The van der Waals surface area contributed by atoms with E-state index in [-0.39, 0.29) is 24.0 Å². The summed E-state index contributed by atoms with van der Waals surface area (Å²) >= 11 is 0. The Morgan fingerprint density at radius 1 is 1.21 bits per heavy atom. The summed E-state index contributed by atoms with van der Waals surface area (Å²) in [4.78, 5) is 10.4. The number of halogens is 1. The van der Waals surface area contributed by atoms with E-state index in [4.69, 9.17) is 14.2 Å². The van der Waals surface area contributed by atoms with Gasteiger partial charge in [0, 0.05) is 26.8 Å². The minimum Gasteiger partial charge on any atom is -0.493 e. The molecule has 0 atom stereocenters. The molecule has 0 aliphatic heterocycles. The molecule has 0 bridgehead atoms. The molecule has 0 unspecified atom stereocenters. The molecule has 7 nitrogen and oxygen atoms in total. The molecule has 1 heterocycles. The van der Waals surface area contributed by atoms with Crippen molar-refractivity contribution in [3.05, 3.63) is 47.8 Å². The first kappa shape index (κ1) is 23.8. The Morgan fingerprint density at radius 3 is 2.54 bits per heavy atom. The van der Waals surface area contributed by atoms with Crippen molar-refractivity contribution in [3.63, 3.8) is 0 Å². The maximum Gasteiger partial charge on any atom is 0.193 e. The van der Waals surface area contributed by atoms with Crippen molar-refractivity contribution in [1.82, 2.24) is 15.2 Å². The van der Waals surface area contributed by atoms with Crippen molar-refractivity contribution < 1.29 is 14.2 Å². The molecular formula is C20H29IN4O3. The number of benzene rings is 1. The van der Waals surface area contributed by atoms with Gasteiger partial charge in [0.05, 0.1) is 27.0 Å². The summed E-state index contributed by atoms with van der Waals surface area (Å²) in [7, 11) is 7.04. The summed E-state index contributed by atoms with van der Waals surface area (Å²) in [6.45, 7) is 3.91. The molecule has 0 amide bonds. The number of hydrogen-bond donors (Lipinski definition) is 1. The largest absolute Gasteiger partial charge is 0.493 e. The molecule has 0 saturated heterocycles. The lowest BCUT2D eigenvalue weighted by Crippen LogP contribution is -2.40. The van der Waals surface area contributed by atoms with E-state index in [1.807, 2.05) is 31.3 Å².